The smallest absolute Gasteiger partial charge is 0.137 e. The van der Waals surface area contributed by atoms with Gasteiger partial charge in [-0.05, 0) is 12.1 Å². The van der Waals surface area contributed by atoms with Crippen LogP contribution in [0.2, 0.25) is 0 Å². The minimum Gasteiger partial charge on any atom is -0.492 e. The lowest BCUT2D eigenvalue weighted by Gasteiger charge is -2.08. The first-order valence-electron chi connectivity index (χ1n) is 5.74. The van der Waals surface area contributed by atoms with E-state index in [2.05, 4.69) is 11.8 Å². The summed E-state index contributed by atoms with van der Waals surface area (Å²) in [6.07, 6.45) is 1.35. The maximum atomic E-state index is 13.1. The Morgan fingerprint density at radius 1 is 1.33 bits per heavy atom. The van der Waals surface area contributed by atoms with E-state index in [0.717, 1.165) is 6.42 Å². The molecule has 0 aliphatic rings. The van der Waals surface area contributed by atoms with Crippen molar-refractivity contribution in [3.05, 3.63) is 29.6 Å². The highest BCUT2D eigenvalue weighted by molar-refractivity contribution is 6.18. The number of alkyl halides is 1. The highest BCUT2D eigenvalue weighted by Gasteiger charge is 2.03. The quantitative estimate of drug-likeness (QED) is 0.449. The molecule has 0 fully saturated rings. The molecule has 0 radical (unpaired) electrons. The summed E-state index contributed by atoms with van der Waals surface area (Å²) in [4.78, 5) is 0. The third-order valence-electron chi connectivity index (χ3n) is 2.14. The summed E-state index contributed by atoms with van der Waals surface area (Å²) in [5.41, 5.74) is 0.680. The first-order chi connectivity index (χ1) is 8.77. The van der Waals surface area contributed by atoms with Gasteiger partial charge in [0.25, 0.3) is 0 Å². The Morgan fingerprint density at radius 2 is 2.17 bits per heavy atom. The Labute approximate surface area is 112 Å². The van der Waals surface area contributed by atoms with Crippen LogP contribution in [0.4, 0.5) is 4.39 Å². The zero-order valence-electron chi connectivity index (χ0n) is 10.3. The average molecular weight is 271 g/mol. The molecule has 0 heterocycles. The largest absolute Gasteiger partial charge is 0.492 e. The summed E-state index contributed by atoms with van der Waals surface area (Å²) in [5, 5.41) is 0. The molecule has 98 valence electrons. The van der Waals surface area contributed by atoms with Crippen molar-refractivity contribution in [1.29, 1.82) is 0 Å². The standard InChI is InChI=1S/C14H16ClFO2/c1-17-9-4-10-18-14-11-13(16)7-6-12(14)5-2-3-8-15/h6-7,11H,3-4,8-10H2,1H3. The SMILES string of the molecule is COCCCOc1cc(F)ccc1C#CCCCl. The third-order valence-corrected chi connectivity index (χ3v) is 2.33. The van der Waals surface area contributed by atoms with Crippen LogP contribution in [0.15, 0.2) is 18.2 Å². The second-order valence-electron chi connectivity index (χ2n) is 3.58. The Kier molecular flexibility index (Phi) is 7.24. The average Bonchev–Trinajstić information content (AvgIpc) is 2.37. The minimum absolute atomic E-state index is 0.334. The molecule has 0 saturated carbocycles. The Bertz CT molecular complexity index is 424. The van der Waals surface area contributed by atoms with E-state index in [4.69, 9.17) is 21.1 Å². The topological polar surface area (TPSA) is 18.5 Å². The molecule has 1 aromatic carbocycles. The van der Waals surface area contributed by atoms with Gasteiger partial charge in [-0.3, -0.25) is 0 Å². The van der Waals surface area contributed by atoms with Crippen molar-refractivity contribution in [2.24, 2.45) is 0 Å². The lowest BCUT2D eigenvalue weighted by Crippen LogP contribution is -2.02. The molecular formula is C14H16ClFO2. The molecule has 4 heteroatoms. The van der Waals surface area contributed by atoms with Crippen molar-refractivity contribution < 1.29 is 13.9 Å². The van der Waals surface area contributed by atoms with Crippen LogP contribution in [-0.2, 0) is 4.74 Å². The molecule has 0 aromatic heterocycles. The summed E-state index contributed by atoms with van der Waals surface area (Å²) >= 11 is 5.54. The van der Waals surface area contributed by atoms with Crippen molar-refractivity contribution in [1.82, 2.24) is 0 Å². The maximum absolute atomic E-state index is 13.1. The Balaban J connectivity index is 2.68. The van der Waals surface area contributed by atoms with Crippen LogP contribution in [0.5, 0.6) is 5.75 Å². The van der Waals surface area contributed by atoms with Crippen LogP contribution in [0.3, 0.4) is 0 Å². The van der Waals surface area contributed by atoms with Crippen LogP contribution < -0.4 is 4.74 Å². The van der Waals surface area contributed by atoms with E-state index in [-0.39, 0.29) is 5.82 Å². The number of ether oxygens (including phenoxy) is 2. The second kappa shape index (κ2) is 8.79. The fourth-order valence-corrected chi connectivity index (χ4v) is 1.40. The lowest BCUT2D eigenvalue weighted by molar-refractivity contribution is 0.172. The van der Waals surface area contributed by atoms with Gasteiger partial charge in [0.2, 0.25) is 0 Å². The lowest BCUT2D eigenvalue weighted by atomic mass is 10.2. The Hall–Kier alpha value is -1.24. The number of halogens is 2. The van der Waals surface area contributed by atoms with E-state index >= 15 is 0 Å². The summed E-state index contributed by atoms with van der Waals surface area (Å²) in [5.74, 6) is 6.45. The van der Waals surface area contributed by atoms with Gasteiger partial charge in [0.15, 0.2) is 0 Å². The van der Waals surface area contributed by atoms with E-state index < -0.39 is 0 Å². The van der Waals surface area contributed by atoms with Crippen LogP contribution in [-0.4, -0.2) is 26.2 Å². The van der Waals surface area contributed by atoms with E-state index in [0.29, 0.717) is 36.8 Å². The van der Waals surface area contributed by atoms with E-state index in [1.807, 2.05) is 0 Å². The van der Waals surface area contributed by atoms with Crippen LogP contribution >= 0.6 is 11.6 Å². The summed E-state index contributed by atoms with van der Waals surface area (Å²) in [6.45, 7) is 1.09. The third kappa shape index (κ3) is 5.39. The molecule has 1 aromatic rings. The van der Waals surface area contributed by atoms with Crippen molar-refractivity contribution in [2.45, 2.75) is 12.8 Å². The molecular weight excluding hydrogens is 255 g/mol. The first kappa shape index (κ1) is 14.8. The molecule has 1 rings (SSSR count). The normalized spacial score (nSPS) is 9.72. The molecule has 0 aliphatic carbocycles. The molecule has 0 saturated heterocycles. The fraction of sp³-hybridized carbons (Fsp3) is 0.429. The zero-order chi connectivity index (χ0) is 13.2. The second-order valence-corrected chi connectivity index (χ2v) is 3.95. The van der Waals surface area contributed by atoms with Gasteiger partial charge in [-0.25, -0.2) is 4.39 Å². The highest BCUT2D eigenvalue weighted by Crippen LogP contribution is 2.19. The van der Waals surface area contributed by atoms with Crippen molar-refractivity contribution in [3.8, 4) is 17.6 Å². The van der Waals surface area contributed by atoms with Gasteiger partial charge in [-0.15, -0.1) is 11.6 Å². The molecule has 0 atom stereocenters. The van der Waals surface area contributed by atoms with Crippen molar-refractivity contribution in [2.75, 3.05) is 26.2 Å². The molecule has 18 heavy (non-hydrogen) atoms. The van der Waals surface area contributed by atoms with Crippen LogP contribution in [0.1, 0.15) is 18.4 Å². The number of benzene rings is 1. The van der Waals surface area contributed by atoms with Gasteiger partial charge in [0.1, 0.15) is 11.6 Å². The molecule has 2 nitrogen and oxygen atoms in total. The van der Waals surface area contributed by atoms with Gasteiger partial charge in [-0.2, -0.15) is 0 Å². The highest BCUT2D eigenvalue weighted by atomic mass is 35.5. The summed E-state index contributed by atoms with van der Waals surface area (Å²) in [6, 6.07) is 4.33. The number of hydrogen-bond acceptors (Lipinski definition) is 2. The molecule has 0 spiro atoms. The van der Waals surface area contributed by atoms with Gasteiger partial charge in [0, 0.05) is 38.5 Å². The predicted octanol–water partition coefficient (Wildman–Crippen LogP) is 3.22. The monoisotopic (exact) mass is 270 g/mol. The zero-order valence-corrected chi connectivity index (χ0v) is 11.1. The van der Waals surface area contributed by atoms with E-state index in [1.54, 1.807) is 13.2 Å². The van der Waals surface area contributed by atoms with Crippen molar-refractivity contribution in [3.63, 3.8) is 0 Å². The summed E-state index contributed by atoms with van der Waals surface area (Å²) in [7, 11) is 1.63. The molecule has 0 unspecified atom stereocenters. The van der Waals surface area contributed by atoms with Gasteiger partial charge in [0.05, 0.1) is 12.2 Å². The first-order valence-corrected chi connectivity index (χ1v) is 6.27. The summed E-state index contributed by atoms with van der Waals surface area (Å²) < 4.78 is 23.5. The van der Waals surface area contributed by atoms with Gasteiger partial charge < -0.3 is 9.47 Å². The fourth-order valence-electron chi connectivity index (χ4n) is 1.31. The predicted molar refractivity (Wildman–Crippen MR) is 70.6 cm³/mol. The van der Waals surface area contributed by atoms with Crippen LogP contribution in [0.25, 0.3) is 0 Å². The van der Waals surface area contributed by atoms with Crippen LogP contribution in [0, 0.1) is 17.7 Å². The minimum atomic E-state index is -0.334. The molecule has 0 aliphatic heterocycles. The molecule has 0 amide bonds. The maximum Gasteiger partial charge on any atom is 0.137 e. The molecule has 0 N–H and O–H groups in total. The van der Waals surface area contributed by atoms with E-state index in [1.165, 1.54) is 12.1 Å². The van der Waals surface area contributed by atoms with Crippen molar-refractivity contribution >= 4 is 11.6 Å². The molecule has 0 bridgehead atoms. The van der Waals surface area contributed by atoms with Gasteiger partial charge in [-0.1, -0.05) is 11.8 Å². The number of rotatable bonds is 6. The van der Waals surface area contributed by atoms with E-state index in [9.17, 15) is 4.39 Å². The van der Waals surface area contributed by atoms with Gasteiger partial charge >= 0.3 is 0 Å². The number of hydrogen-bond donors (Lipinski definition) is 0. The number of methoxy groups -OCH3 is 1. The Morgan fingerprint density at radius 3 is 2.89 bits per heavy atom.